The Balaban J connectivity index is 1.83. The Hall–Kier alpha value is -3.00. The van der Waals surface area contributed by atoms with Crippen molar-refractivity contribution < 1.29 is 5.11 Å². The maximum absolute atomic E-state index is 10.3. The van der Waals surface area contributed by atoms with E-state index in [2.05, 4.69) is 37.2 Å². The average Bonchev–Trinajstić information content (AvgIpc) is 3.18. The Bertz CT molecular complexity index is 789. The second-order valence-electron chi connectivity index (χ2n) is 5.59. The van der Waals surface area contributed by atoms with Gasteiger partial charge in [-0.3, -0.25) is 0 Å². The molecule has 0 spiro atoms. The third-order valence-corrected chi connectivity index (χ3v) is 3.98. The number of benzene rings is 1. The van der Waals surface area contributed by atoms with Crippen molar-refractivity contribution in [1.29, 1.82) is 0 Å². The molecule has 2 aromatic rings. The lowest BCUT2D eigenvalue weighted by atomic mass is 10.1. The van der Waals surface area contributed by atoms with E-state index in [1.165, 1.54) is 4.80 Å². The van der Waals surface area contributed by atoms with Crippen LogP contribution >= 0.6 is 0 Å². The molecule has 0 amide bonds. The molecule has 0 saturated carbocycles. The van der Waals surface area contributed by atoms with Gasteiger partial charge < -0.3 is 15.3 Å². The van der Waals surface area contributed by atoms with Gasteiger partial charge in [0.1, 0.15) is 11.6 Å². The van der Waals surface area contributed by atoms with Crippen molar-refractivity contribution in [2.24, 2.45) is 10.2 Å². The van der Waals surface area contributed by atoms with Gasteiger partial charge in [0.15, 0.2) is 0 Å². The van der Waals surface area contributed by atoms with Crippen molar-refractivity contribution in [3.8, 4) is 11.4 Å². The highest BCUT2D eigenvalue weighted by molar-refractivity contribution is 6.10. The molecular formula is C17H21N7O. The van der Waals surface area contributed by atoms with E-state index >= 15 is 0 Å². The summed E-state index contributed by atoms with van der Waals surface area (Å²) >= 11 is 0. The second kappa shape index (κ2) is 7.71. The summed E-state index contributed by atoms with van der Waals surface area (Å²) in [4.78, 5) is 3.61. The number of phenolic OH excluding ortho intramolecular Hbond substituents is 1. The van der Waals surface area contributed by atoms with Crippen LogP contribution in [0.5, 0.6) is 5.75 Å². The van der Waals surface area contributed by atoms with Gasteiger partial charge in [-0.25, -0.2) is 0 Å². The van der Waals surface area contributed by atoms with Crippen molar-refractivity contribution in [3.63, 3.8) is 0 Å². The van der Waals surface area contributed by atoms with Crippen molar-refractivity contribution >= 4 is 11.5 Å². The topological polar surface area (TPSA) is 90.9 Å². The molecule has 1 fully saturated rings. The molecule has 8 nitrogen and oxygen atoms in total. The number of piperazine rings is 1. The van der Waals surface area contributed by atoms with Crippen molar-refractivity contribution in [3.05, 3.63) is 48.8 Å². The number of aromatic nitrogens is 3. The highest BCUT2D eigenvalue weighted by Crippen LogP contribution is 2.22. The van der Waals surface area contributed by atoms with E-state index < -0.39 is 0 Å². The highest BCUT2D eigenvalue weighted by atomic mass is 16.3. The van der Waals surface area contributed by atoms with Crippen LogP contribution in [0.1, 0.15) is 12.5 Å². The molecule has 2 N–H and O–H groups in total. The molecule has 8 heteroatoms. The van der Waals surface area contributed by atoms with Crippen LogP contribution in [0.25, 0.3) is 5.69 Å². The lowest BCUT2D eigenvalue weighted by Crippen LogP contribution is -2.45. The van der Waals surface area contributed by atoms with Crippen molar-refractivity contribution in [2.45, 2.75) is 6.92 Å². The van der Waals surface area contributed by atoms with Gasteiger partial charge in [-0.05, 0) is 25.1 Å². The van der Waals surface area contributed by atoms with Gasteiger partial charge in [0, 0.05) is 37.8 Å². The summed E-state index contributed by atoms with van der Waals surface area (Å²) < 4.78 is 0. The molecule has 1 aliphatic heterocycles. The van der Waals surface area contributed by atoms with Crippen LogP contribution in [0.4, 0.5) is 0 Å². The summed E-state index contributed by atoms with van der Waals surface area (Å²) in [6.45, 7) is 9.40. The largest absolute Gasteiger partial charge is 0.507 e. The summed E-state index contributed by atoms with van der Waals surface area (Å²) in [5.74, 6) is 0.918. The number of nitrogens with one attached hydrogen (secondary N) is 1. The third-order valence-electron chi connectivity index (χ3n) is 3.98. The lowest BCUT2D eigenvalue weighted by molar-refractivity contribution is 0.355. The molecule has 130 valence electrons. The molecule has 2 heterocycles. The van der Waals surface area contributed by atoms with Crippen LogP contribution in [0.3, 0.4) is 0 Å². The fourth-order valence-corrected chi connectivity index (χ4v) is 2.59. The Morgan fingerprint density at radius 2 is 1.96 bits per heavy atom. The fraction of sp³-hybridized carbons (Fsp3) is 0.294. The summed E-state index contributed by atoms with van der Waals surface area (Å²) in [5, 5.41) is 30.3. The molecular weight excluding hydrogens is 318 g/mol. The monoisotopic (exact) mass is 339 g/mol. The average molecular weight is 339 g/mol. The van der Waals surface area contributed by atoms with Crippen LogP contribution in [-0.2, 0) is 0 Å². The summed E-state index contributed by atoms with van der Waals surface area (Å²) in [6.07, 6.45) is 4.74. The normalized spacial score (nSPS) is 16.1. The Kier molecular flexibility index (Phi) is 5.20. The number of hydrogen-bond donors (Lipinski definition) is 2. The van der Waals surface area contributed by atoms with Crippen LogP contribution in [0.2, 0.25) is 0 Å². The predicted molar refractivity (Wildman–Crippen MR) is 97.3 cm³/mol. The predicted octanol–water partition coefficient (Wildman–Crippen LogP) is 1.19. The SMILES string of the molecule is C=C/C(=N\N=C(/C)N1CCNCC1)c1ccc(-n2nccn2)cc1O. The molecule has 1 aromatic carbocycles. The van der Waals surface area contributed by atoms with Crippen LogP contribution < -0.4 is 5.32 Å². The number of aromatic hydroxyl groups is 1. The van der Waals surface area contributed by atoms with Gasteiger partial charge in [-0.1, -0.05) is 6.58 Å². The van der Waals surface area contributed by atoms with Crippen LogP contribution in [0.15, 0.2) is 53.5 Å². The zero-order valence-electron chi connectivity index (χ0n) is 14.1. The summed E-state index contributed by atoms with van der Waals surface area (Å²) in [5.41, 5.74) is 1.73. The van der Waals surface area contributed by atoms with E-state index in [9.17, 15) is 5.11 Å². The molecule has 0 aliphatic carbocycles. The minimum Gasteiger partial charge on any atom is -0.507 e. The van der Waals surface area contributed by atoms with Gasteiger partial charge >= 0.3 is 0 Å². The van der Waals surface area contributed by atoms with E-state index in [1.54, 1.807) is 36.7 Å². The minimum absolute atomic E-state index is 0.0727. The Morgan fingerprint density at radius 1 is 1.24 bits per heavy atom. The van der Waals surface area contributed by atoms with E-state index in [0.29, 0.717) is 17.0 Å². The van der Waals surface area contributed by atoms with E-state index in [4.69, 9.17) is 0 Å². The zero-order chi connectivity index (χ0) is 17.6. The first-order valence-electron chi connectivity index (χ1n) is 8.09. The van der Waals surface area contributed by atoms with Gasteiger partial charge in [0.25, 0.3) is 0 Å². The maximum Gasteiger partial charge on any atom is 0.127 e. The molecule has 0 atom stereocenters. The van der Waals surface area contributed by atoms with Gasteiger partial charge in [0.05, 0.1) is 23.8 Å². The summed E-state index contributed by atoms with van der Waals surface area (Å²) in [6, 6.07) is 5.15. The number of amidine groups is 1. The minimum atomic E-state index is 0.0727. The van der Waals surface area contributed by atoms with E-state index in [-0.39, 0.29) is 5.75 Å². The second-order valence-corrected chi connectivity index (χ2v) is 5.59. The first-order valence-corrected chi connectivity index (χ1v) is 8.09. The van der Waals surface area contributed by atoms with Gasteiger partial charge in [-0.15, -0.1) is 10.2 Å². The molecule has 1 aliphatic rings. The lowest BCUT2D eigenvalue weighted by Gasteiger charge is -2.28. The molecule has 1 aromatic heterocycles. The molecule has 0 bridgehead atoms. The number of rotatable bonds is 4. The smallest absolute Gasteiger partial charge is 0.127 e. The van der Waals surface area contributed by atoms with Crippen LogP contribution in [0, 0.1) is 0 Å². The Morgan fingerprint density at radius 3 is 2.60 bits per heavy atom. The molecule has 1 saturated heterocycles. The van der Waals surface area contributed by atoms with E-state index in [1.807, 2.05) is 6.92 Å². The molecule has 0 radical (unpaired) electrons. The summed E-state index contributed by atoms with van der Waals surface area (Å²) in [7, 11) is 0. The first-order chi connectivity index (χ1) is 12.2. The van der Waals surface area contributed by atoms with Gasteiger partial charge in [0.2, 0.25) is 0 Å². The first kappa shape index (κ1) is 16.8. The molecule has 3 rings (SSSR count). The van der Waals surface area contributed by atoms with Crippen molar-refractivity contribution in [1.82, 2.24) is 25.2 Å². The number of allylic oxidation sites excluding steroid dienone is 1. The van der Waals surface area contributed by atoms with Crippen LogP contribution in [-0.4, -0.2) is 62.7 Å². The van der Waals surface area contributed by atoms with Crippen molar-refractivity contribution in [2.75, 3.05) is 26.2 Å². The van der Waals surface area contributed by atoms with Gasteiger partial charge in [-0.2, -0.15) is 15.0 Å². The quantitative estimate of drug-likeness (QED) is 0.496. The number of phenols is 1. The standard InChI is InChI=1S/C17H21N7O/c1-3-16(22-21-13(2)23-10-8-18-9-11-23)15-5-4-14(12-17(15)25)24-19-6-7-20-24/h3-7,12,18,25H,1,8-11H2,2H3/b21-13+,22-16+. The maximum atomic E-state index is 10.3. The zero-order valence-corrected chi connectivity index (χ0v) is 14.1. The molecule has 0 unspecified atom stereocenters. The number of hydrogen-bond acceptors (Lipinski definition) is 6. The molecule has 25 heavy (non-hydrogen) atoms. The number of nitrogens with zero attached hydrogens (tertiary/aromatic N) is 6. The Labute approximate surface area is 146 Å². The fourth-order valence-electron chi connectivity index (χ4n) is 2.59. The third kappa shape index (κ3) is 3.92. The van der Waals surface area contributed by atoms with E-state index in [0.717, 1.165) is 32.0 Å². The highest BCUT2D eigenvalue weighted by Gasteiger charge is 2.12.